The van der Waals surface area contributed by atoms with Crippen molar-refractivity contribution in [2.24, 2.45) is 11.7 Å². The lowest BCUT2D eigenvalue weighted by atomic mass is 9.74. The van der Waals surface area contributed by atoms with Gasteiger partial charge < -0.3 is 25.6 Å². The third-order valence-corrected chi connectivity index (χ3v) is 8.76. The number of rotatable bonds is 6. The van der Waals surface area contributed by atoms with Crippen LogP contribution in [0.4, 0.5) is 14.5 Å². The molecule has 5 rings (SSSR count). The summed E-state index contributed by atoms with van der Waals surface area (Å²) in [6, 6.07) is 6.87. The van der Waals surface area contributed by atoms with Crippen LogP contribution in [0, 0.1) is 17.6 Å². The SMILES string of the molecule is COC1C(C)CC(c2ccncc2NC(=O)c2ccc(F)c(-c3c(F)cc(C4(O)CCOCC4)cc3P)n2)CC1N. The molecule has 1 aliphatic carbocycles. The molecule has 5 unspecified atom stereocenters. The normalized spacial score (nSPS) is 24.2. The summed E-state index contributed by atoms with van der Waals surface area (Å²) in [5, 5.41) is 14.2. The van der Waals surface area contributed by atoms with Crippen molar-refractivity contribution < 1.29 is 28.2 Å². The molecule has 8 nitrogen and oxygen atoms in total. The number of carbonyl (C=O) groups excluding carboxylic acids is 1. The summed E-state index contributed by atoms with van der Waals surface area (Å²) in [7, 11) is 4.05. The first-order valence-corrected chi connectivity index (χ1v) is 14.3. The van der Waals surface area contributed by atoms with E-state index in [1.54, 1.807) is 25.6 Å². The minimum Gasteiger partial charge on any atom is -0.385 e. The number of aromatic nitrogens is 2. The third kappa shape index (κ3) is 6.03. The minimum absolute atomic E-state index is 0.0383. The van der Waals surface area contributed by atoms with Gasteiger partial charge in [-0.1, -0.05) is 6.92 Å². The number of benzene rings is 1. The molecule has 0 bridgehead atoms. The Balaban J connectivity index is 1.41. The van der Waals surface area contributed by atoms with Crippen LogP contribution in [-0.4, -0.2) is 53.5 Å². The maximum atomic E-state index is 15.5. The van der Waals surface area contributed by atoms with E-state index in [9.17, 15) is 9.90 Å². The molecule has 4 N–H and O–H groups in total. The highest BCUT2D eigenvalue weighted by Crippen LogP contribution is 2.40. The third-order valence-electron chi connectivity index (χ3n) is 8.30. The predicted octanol–water partition coefficient (Wildman–Crippen LogP) is 4.03. The summed E-state index contributed by atoms with van der Waals surface area (Å²) in [4.78, 5) is 21.7. The number of nitrogens with zero attached hydrogens (tertiary/aromatic N) is 2. The van der Waals surface area contributed by atoms with Gasteiger partial charge >= 0.3 is 0 Å². The van der Waals surface area contributed by atoms with Gasteiger partial charge in [0.05, 0.1) is 23.6 Å². The van der Waals surface area contributed by atoms with Crippen molar-refractivity contribution in [1.29, 1.82) is 0 Å². The minimum atomic E-state index is -1.23. The van der Waals surface area contributed by atoms with Gasteiger partial charge in [0.2, 0.25) is 0 Å². The van der Waals surface area contributed by atoms with Gasteiger partial charge in [-0.3, -0.25) is 9.78 Å². The number of hydrogen-bond acceptors (Lipinski definition) is 7. The van der Waals surface area contributed by atoms with Crippen LogP contribution in [0.5, 0.6) is 0 Å². The van der Waals surface area contributed by atoms with Gasteiger partial charge in [0.15, 0.2) is 0 Å². The maximum Gasteiger partial charge on any atom is 0.274 e. The van der Waals surface area contributed by atoms with Crippen molar-refractivity contribution in [2.45, 2.75) is 56.3 Å². The average molecular weight is 585 g/mol. The van der Waals surface area contributed by atoms with Crippen molar-refractivity contribution in [3.05, 3.63) is 71.2 Å². The second kappa shape index (κ2) is 12.2. The standard InChI is InChI=1S/C30H35F2N4O4P/c1-16-11-17(12-22(33)28(16)39-2)19-5-8-34-15-24(19)36-29(37)23-4-3-20(31)27(35-23)26-21(32)13-18(14-25(26)41)30(38)6-9-40-10-7-30/h3-5,8,13-17,22,28,38H,6-7,9-12,33,41H2,1-2H3,(H,36,37). The van der Waals surface area contributed by atoms with Crippen LogP contribution in [0.25, 0.3) is 11.3 Å². The van der Waals surface area contributed by atoms with Crippen LogP contribution < -0.4 is 16.4 Å². The molecular weight excluding hydrogens is 549 g/mol. The topological polar surface area (TPSA) is 120 Å². The number of pyridine rings is 2. The van der Waals surface area contributed by atoms with Crippen LogP contribution >= 0.6 is 9.24 Å². The van der Waals surface area contributed by atoms with Gasteiger partial charge in [-0.05, 0) is 71.4 Å². The van der Waals surface area contributed by atoms with Gasteiger partial charge in [0.25, 0.3) is 5.91 Å². The Morgan fingerprint density at radius 3 is 2.63 bits per heavy atom. The molecule has 11 heteroatoms. The second-order valence-corrected chi connectivity index (χ2v) is 11.6. The number of aliphatic hydroxyl groups is 1. The van der Waals surface area contributed by atoms with Crippen molar-refractivity contribution in [3.8, 4) is 11.3 Å². The lowest BCUT2D eigenvalue weighted by Gasteiger charge is -2.38. The maximum absolute atomic E-state index is 15.5. The quantitative estimate of drug-likeness (QED) is 0.375. The van der Waals surface area contributed by atoms with Crippen LogP contribution in [0.1, 0.15) is 60.1 Å². The Morgan fingerprint density at radius 1 is 1.20 bits per heavy atom. The van der Waals surface area contributed by atoms with Crippen LogP contribution in [-0.2, 0) is 15.1 Å². The lowest BCUT2D eigenvalue weighted by molar-refractivity contribution is -0.0680. The summed E-state index contributed by atoms with van der Waals surface area (Å²) in [5.74, 6) is -1.80. The van der Waals surface area contributed by atoms with Crippen molar-refractivity contribution in [2.75, 3.05) is 25.6 Å². The molecule has 2 aliphatic rings. The molecule has 0 radical (unpaired) electrons. The van der Waals surface area contributed by atoms with E-state index in [-0.39, 0.29) is 40.9 Å². The van der Waals surface area contributed by atoms with Gasteiger partial charge in [-0.2, -0.15) is 0 Å². The number of nitrogens with two attached hydrogens (primary N) is 1. The fourth-order valence-corrected chi connectivity index (χ4v) is 6.62. The summed E-state index contributed by atoms with van der Waals surface area (Å²) in [6.07, 6.45) is 5.36. The zero-order chi connectivity index (χ0) is 29.3. The number of carbonyl (C=O) groups is 1. The number of halogens is 2. The Hall–Kier alpha value is -2.88. The van der Waals surface area contributed by atoms with E-state index in [0.717, 1.165) is 18.1 Å². The Labute approximate surface area is 240 Å². The first-order chi connectivity index (χ1) is 19.6. The van der Waals surface area contributed by atoms with Crippen LogP contribution in [0.3, 0.4) is 0 Å². The van der Waals surface area contributed by atoms with Crippen LogP contribution in [0.2, 0.25) is 0 Å². The summed E-state index contributed by atoms with van der Waals surface area (Å²) in [5.41, 5.74) is 6.48. The van der Waals surface area contributed by atoms with Crippen molar-refractivity contribution >= 4 is 26.1 Å². The molecule has 2 fully saturated rings. The molecule has 1 saturated carbocycles. The molecule has 3 heterocycles. The summed E-state index contributed by atoms with van der Waals surface area (Å²) in [6.45, 7) is 2.82. The predicted molar refractivity (Wildman–Crippen MR) is 155 cm³/mol. The molecule has 1 amide bonds. The number of ether oxygens (including phenoxy) is 2. The summed E-state index contributed by atoms with van der Waals surface area (Å²) < 4.78 is 41.4. The highest BCUT2D eigenvalue weighted by Gasteiger charge is 2.36. The molecule has 3 aromatic rings. The molecule has 41 heavy (non-hydrogen) atoms. The van der Waals surface area contributed by atoms with Gasteiger partial charge in [0, 0.05) is 51.0 Å². The van der Waals surface area contributed by atoms with E-state index < -0.39 is 23.1 Å². The Bertz CT molecular complexity index is 1400. The molecule has 0 spiro atoms. The van der Waals surface area contributed by atoms with E-state index in [1.807, 2.05) is 6.07 Å². The van der Waals surface area contributed by atoms with E-state index in [1.165, 1.54) is 12.1 Å². The van der Waals surface area contributed by atoms with Gasteiger partial charge in [-0.15, -0.1) is 9.24 Å². The number of anilines is 1. The zero-order valence-electron chi connectivity index (χ0n) is 23.1. The van der Waals surface area contributed by atoms with Crippen molar-refractivity contribution in [3.63, 3.8) is 0 Å². The van der Waals surface area contributed by atoms with Crippen LogP contribution in [0.15, 0.2) is 42.7 Å². The van der Waals surface area contributed by atoms with Crippen molar-refractivity contribution in [1.82, 2.24) is 9.97 Å². The number of hydrogen-bond donors (Lipinski definition) is 3. The summed E-state index contributed by atoms with van der Waals surface area (Å²) >= 11 is 0. The number of nitrogens with one attached hydrogen (secondary N) is 1. The van der Waals surface area contributed by atoms with Gasteiger partial charge in [-0.25, -0.2) is 13.8 Å². The molecule has 1 aliphatic heterocycles. The molecular formula is C30H35F2N4O4P. The fourth-order valence-electron chi connectivity index (χ4n) is 6.16. The smallest absolute Gasteiger partial charge is 0.274 e. The van der Waals surface area contributed by atoms with Gasteiger partial charge in [0.1, 0.15) is 23.0 Å². The first-order valence-electron chi connectivity index (χ1n) is 13.7. The monoisotopic (exact) mass is 584 g/mol. The second-order valence-electron chi connectivity index (χ2n) is 11.0. The first kappa shape index (κ1) is 29.6. The van der Waals surface area contributed by atoms with E-state index in [4.69, 9.17) is 15.2 Å². The molecule has 2 aromatic heterocycles. The number of methoxy groups -OCH3 is 1. The largest absolute Gasteiger partial charge is 0.385 e. The van der Waals surface area contributed by atoms with E-state index >= 15 is 8.78 Å². The zero-order valence-corrected chi connectivity index (χ0v) is 24.2. The molecule has 1 saturated heterocycles. The Morgan fingerprint density at radius 2 is 1.95 bits per heavy atom. The van der Waals surface area contributed by atoms with E-state index in [2.05, 4.69) is 31.4 Å². The Kier molecular flexibility index (Phi) is 8.78. The highest BCUT2D eigenvalue weighted by molar-refractivity contribution is 7.28. The van der Waals surface area contributed by atoms with E-state index in [0.29, 0.717) is 49.0 Å². The fraction of sp³-hybridized carbons (Fsp3) is 0.433. The average Bonchev–Trinajstić information content (AvgIpc) is 2.94. The number of amides is 1. The highest BCUT2D eigenvalue weighted by atomic mass is 31.0. The molecule has 218 valence electrons. The molecule has 1 aromatic carbocycles. The lowest BCUT2D eigenvalue weighted by Crippen LogP contribution is -2.45. The molecule has 5 atom stereocenters.